The molecule has 8 nitrogen and oxygen atoms in total. The first-order valence-corrected chi connectivity index (χ1v) is 11.2. The maximum absolute atomic E-state index is 12.7. The summed E-state index contributed by atoms with van der Waals surface area (Å²) in [5.41, 5.74) is 0.406. The highest BCUT2D eigenvalue weighted by atomic mass is 32.1. The lowest BCUT2D eigenvalue weighted by molar-refractivity contribution is 0.0303. The van der Waals surface area contributed by atoms with Crippen LogP contribution in [0.25, 0.3) is 0 Å². The molecular formula is C25H28N3O5S+. The Bertz CT molecular complexity index is 1120. The van der Waals surface area contributed by atoms with Crippen LogP contribution in [0.4, 0.5) is 15.3 Å². The number of quaternary nitrogens is 1. The summed E-state index contributed by atoms with van der Waals surface area (Å²) >= 11 is 4.13. The number of aliphatic imine (C=N–C) groups is 1. The van der Waals surface area contributed by atoms with Gasteiger partial charge in [-0.25, -0.2) is 19.4 Å². The molecule has 1 aliphatic heterocycles. The van der Waals surface area contributed by atoms with Gasteiger partial charge < -0.3 is 14.4 Å². The van der Waals surface area contributed by atoms with Crippen molar-refractivity contribution in [2.45, 2.75) is 32.8 Å². The third-order valence-corrected chi connectivity index (χ3v) is 5.38. The van der Waals surface area contributed by atoms with Gasteiger partial charge in [0.15, 0.2) is 5.69 Å². The van der Waals surface area contributed by atoms with Crippen LogP contribution in [0.2, 0.25) is 0 Å². The number of rotatable bonds is 6. The van der Waals surface area contributed by atoms with Gasteiger partial charge in [-0.2, -0.15) is 0 Å². The summed E-state index contributed by atoms with van der Waals surface area (Å²) in [5, 5.41) is -0.457. The second kappa shape index (κ2) is 10.2. The average Bonchev–Trinajstić information content (AvgIpc) is 3.22. The molecule has 0 aliphatic carbocycles. The van der Waals surface area contributed by atoms with E-state index in [0.717, 1.165) is 0 Å². The first-order valence-electron chi connectivity index (χ1n) is 10.7. The second-order valence-electron chi connectivity index (χ2n) is 8.75. The number of benzene rings is 2. The van der Waals surface area contributed by atoms with Crippen molar-refractivity contribution < 1.29 is 23.9 Å². The Morgan fingerprint density at radius 2 is 1.68 bits per heavy atom. The van der Waals surface area contributed by atoms with Crippen molar-refractivity contribution in [3.63, 3.8) is 0 Å². The van der Waals surface area contributed by atoms with Crippen LogP contribution in [-0.2, 0) is 4.74 Å². The third-order valence-electron chi connectivity index (χ3n) is 5.06. The zero-order valence-corrected chi connectivity index (χ0v) is 20.5. The molecule has 0 saturated carbocycles. The molecule has 34 heavy (non-hydrogen) atoms. The van der Waals surface area contributed by atoms with Crippen molar-refractivity contribution >= 4 is 41.5 Å². The van der Waals surface area contributed by atoms with Gasteiger partial charge in [-0.05, 0) is 57.7 Å². The van der Waals surface area contributed by atoms with Gasteiger partial charge in [-0.3, -0.25) is 0 Å². The molecule has 2 aromatic carbocycles. The maximum atomic E-state index is 12.7. The van der Waals surface area contributed by atoms with E-state index in [-0.39, 0.29) is 4.48 Å². The molecule has 0 spiro atoms. The highest BCUT2D eigenvalue weighted by Crippen LogP contribution is 2.33. The largest absolute Gasteiger partial charge is 0.444 e. The van der Waals surface area contributed by atoms with Crippen LogP contribution >= 0.6 is 12.6 Å². The minimum absolute atomic E-state index is 0.295. The zero-order valence-electron chi connectivity index (χ0n) is 19.6. The maximum Gasteiger partial charge on any atom is 0.410 e. The lowest BCUT2D eigenvalue weighted by atomic mass is 10.2. The Kier molecular flexibility index (Phi) is 7.58. The highest BCUT2D eigenvalue weighted by molar-refractivity contribution is 7.96. The Hall–Kier alpha value is -3.43. The summed E-state index contributed by atoms with van der Waals surface area (Å²) in [6, 6.07) is 15.3. The van der Waals surface area contributed by atoms with Gasteiger partial charge in [-0.15, -0.1) is 4.48 Å². The number of amides is 2. The number of carbonyl (C=O) groups is 3. The summed E-state index contributed by atoms with van der Waals surface area (Å²) in [5.74, 6) is 0.370. The number of amidine groups is 1. The van der Waals surface area contributed by atoms with E-state index in [1.165, 1.54) is 4.90 Å². The van der Waals surface area contributed by atoms with E-state index in [0.29, 0.717) is 35.8 Å². The smallest absolute Gasteiger partial charge is 0.410 e. The monoisotopic (exact) mass is 482 g/mol. The molecule has 1 unspecified atom stereocenters. The lowest BCUT2D eigenvalue weighted by Crippen LogP contribution is -2.51. The van der Waals surface area contributed by atoms with Crippen LogP contribution in [-0.4, -0.2) is 47.2 Å². The molecule has 0 bridgehead atoms. The van der Waals surface area contributed by atoms with Crippen molar-refractivity contribution in [1.82, 2.24) is 9.38 Å². The fourth-order valence-electron chi connectivity index (χ4n) is 3.35. The minimum atomic E-state index is -0.607. The summed E-state index contributed by atoms with van der Waals surface area (Å²) in [4.78, 5) is 43.1. The van der Waals surface area contributed by atoms with E-state index in [1.54, 1.807) is 88.7 Å². The SMILES string of the molecule is CN(CCC1=NC=C[N+]1(C(=O)S)c1ccc(OC(=O)c2ccccc2)cc1)C(=O)OC(C)(C)C. The number of nitrogens with zero attached hydrogens (tertiary/aromatic N) is 3. The van der Waals surface area contributed by atoms with Crippen molar-refractivity contribution in [2.24, 2.45) is 4.99 Å². The fourth-order valence-corrected chi connectivity index (χ4v) is 3.64. The summed E-state index contributed by atoms with van der Waals surface area (Å²) in [7, 11) is 1.63. The summed E-state index contributed by atoms with van der Waals surface area (Å²) < 4.78 is 10.5. The number of thiol groups is 1. The van der Waals surface area contributed by atoms with Crippen molar-refractivity contribution in [3.05, 3.63) is 72.6 Å². The normalized spacial score (nSPS) is 17.1. The molecule has 2 amide bonds. The van der Waals surface area contributed by atoms with Crippen LogP contribution in [0.5, 0.6) is 5.75 Å². The van der Waals surface area contributed by atoms with Crippen molar-refractivity contribution in [1.29, 1.82) is 0 Å². The Balaban J connectivity index is 1.74. The van der Waals surface area contributed by atoms with Gasteiger partial charge in [0.2, 0.25) is 5.84 Å². The molecule has 0 fully saturated rings. The quantitative estimate of drug-likeness (QED) is 0.258. The van der Waals surface area contributed by atoms with Crippen molar-refractivity contribution in [3.8, 4) is 5.75 Å². The topological polar surface area (TPSA) is 85.3 Å². The highest BCUT2D eigenvalue weighted by Gasteiger charge is 2.44. The van der Waals surface area contributed by atoms with Crippen LogP contribution in [0.3, 0.4) is 0 Å². The number of ether oxygens (including phenoxy) is 2. The van der Waals surface area contributed by atoms with Gasteiger partial charge >= 0.3 is 17.3 Å². The molecule has 0 radical (unpaired) electrons. The predicted octanol–water partition coefficient (Wildman–Crippen LogP) is 5.40. The molecule has 1 heterocycles. The summed E-state index contributed by atoms with van der Waals surface area (Å²) in [6.45, 7) is 5.69. The van der Waals surface area contributed by atoms with Crippen LogP contribution in [0.15, 0.2) is 72.0 Å². The van der Waals surface area contributed by atoms with Gasteiger partial charge in [0.05, 0.1) is 18.2 Å². The molecule has 9 heteroatoms. The van der Waals surface area contributed by atoms with E-state index in [9.17, 15) is 14.4 Å². The van der Waals surface area contributed by atoms with Gasteiger partial charge in [0.1, 0.15) is 17.6 Å². The molecular weight excluding hydrogens is 454 g/mol. The zero-order chi connectivity index (χ0) is 24.9. The number of hydrogen-bond acceptors (Lipinski definition) is 6. The molecule has 3 rings (SSSR count). The molecule has 0 saturated heterocycles. The average molecular weight is 483 g/mol. The van der Waals surface area contributed by atoms with E-state index >= 15 is 0 Å². The molecule has 0 N–H and O–H groups in total. The second-order valence-corrected chi connectivity index (χ2v) is 9.13. The molecule has 178 valence electrons. The van der Waals surface area contributed by atoms with Crippen LogP contribution in [0, 0.1) is 0 Å². The van der Waals surface area contributed by atoms with Crippen LogP contribution in [0.1, 0.15) is 37.6 Å². The first kappa shape index (κ1) is 25.2. The molecule has 0 aromatic heterocycles. The predicted molar refractivity (Wildman–Crippen MR) is 134 cm³/mol. The van der Waals surface area contributed by atoms with E-state index < -0.39 is 22.9 Å². The number of esters is 1. The summed E-state index contributed by atoms with van der Waals surface area (Å²) in [6.07, 6.45) is 3.03. The van der Waals surface area contributed by atoms with E-state index in [4.69, 9.17) is 9.47 Å². The standard InChI is InChI=1S/C25H27N3O5S/c1-25(2,3)33-23(30)27(4)16-14-21-26-15-17-28(21,24(31)34)19-10-12-20(13-11-19)32-22(29)18-8-6-5-7-9-18/h5-13,15,17H,14,16H2,1-4H3/p+1. The number of hydrogen-bond donors (Lipinski definition) is 1. The molecule has 2 aromatic rings. The van der Waals surface area contributed by atoms with Gasteiger partial charge in [0, 0.05) is 25.7 Å². The third kappa shape index (κ3) is 5.73. The fraction of sp³-hybridized carbons (Fsp3) is 0.280. The molecule has 1 aliphatic rings. The Morgan fingerprint density at radius 3 is 2.26 bits per heavy atom. The Labute approximate surface area is 204 Å². The lowest BCUT2D eigenvalue weighted by Gasteiger charge is -2.29. The van der Waals surface area contributed by atoms with E-state index in [2.05, 4.69) is 17.6 Å². The van der Waals surface area contributed by atoms with Crippen molar-refractivity contribution in [2.75, 3.05) is 13.6 Å². The van der Waals surface area contributed by atoms with Gasteiger partial charge in [0.25, 0.3) is 0 Å². The number of carbonyl (C=O) groups excluding carboxylic acids is 3. The van der Waals surface area contributed by atoms with Crippen LogP contribution < -0.4 is 9.22 Å². The Morgan fingerprint density at radius 1 is 1.03 bits per heavy atom. The first-order chi connectivity index (χ1) is 16.0. The minimum Gasteiger partial charge on any atom is -0.444 e. The molecule has 1 atom stereocenters. The van der Waals surface area contributed by atoms with E-state index in [1.807, 2.05) is 6.07 Å². The van der Waals surface area contributed by atoms with Gasteiger partial charge in [-0.1, -0.05) is 18.2 Å².